The van der Waals surface area contributed by atoms with Crippen molar-refractivity contribution < 1.29 is 35.5 Å². The Hall–Kier alpha value is -5.27. The number of nitrogens with one attached hydrogen (secondary N) is 1. The van der Waals surface area contributed by atoms with Gasteiger partial charge in [0.15, 0.2) is 11.6 Å². The Kier molecular flexibility index (Phi) is 6.63. The van der Waals surface area contributed by atoms with Gasteiger partial charge in [-0.3, -0.25) is 9.97 Å². The Balaban J connectivity index is 1.33. The Labute approximate surface area is 237 Å². The maximum Gasteiger partial charge on any atom is 0.432 e. The second-order valence-electron chi connectivity index (χ2n) is 9.36. The fourth-order valence-corrected chi connectivity index (χ4v) is 4.52. The van der Waals surface area contributed by atoms with Gasteiger partial charge in [-0.15, -0.1) is 0 Å². The van der Waals surface area contributed by atoms with Crippen LogP contribution in [0.15, 0.2) is 79.3 Å². The molecule has 0 aliphatic heterocycles. The van der Waals surface area contributed by atoms with Crippen molar-refractivity contribution >= 4 is 11.0 Å². The Bertz CT molecular complexity index is 1980. The highest BCUT2D eigenvalue weighted by atomic mass is 19.4. The molecule has 2 aromatic carbocycles. The molecule has 0 atom stereocenters. The summed E-state index contributed by atoms with van der Waals surface area (Å²) < 4.78 is 101. The van der Waals surface area contributed by atoms with Crippen LogP contribution in [0.2, 0.25) is 0 Å². The lowest BCUT2D eigenvalue weighted by Gasteiger charge is -2.12. The standard InChI is InChI=1S/C29H17F7N6O/c1-42-23-7-5-16(43-17-8-10-37-22(13-17)26-39-14-24(41-26)29(34,35)36)12-21(23)40-27(42)25-18(3-2-9-38-25)15-4-6-20(30)19(11-15)28(31,32)33/h2-14H,1H3,(H,39,41). The quantitative estimate of drug-likeness (QED) is 0.203. The van der Waals surface area contributed by atoms with Gasteiger partial charge >= 0.3 is 12.4 Å². The number of H-pyrrole nitrogens is 1. The molecule has 0 unspecified atom stereocenters. The number of hydrogen-bond acceptors (Lipinski definition) is 5. The first-order chi connectivity index (χ1) is 20.4. The van der Waals surface area contributed by atoms with E-state index in [4.69, 9.17) is 4.74 Å². The highest BCUT2D eigenvalue weighted by Crippen LogP contribution is 2.38. The monoisotopic (exact) mass is 598 g/mol. The van der Waals surface area contributed by atoms with Crippen molar-refractivity contribution in [2.24, 2.45) is 7.05 Å². The first-order valence-electron chi connectivity index (χ1n) is 12.4. The van der Waals surface area contributed by atoms with Gasteiger partial charge in [-0.1, -0.05) is 12.1 Å². The average molecular weight is 598 g/mol. The number of pyridine rings is 2. The van der Waals surface area contributed by atoms with Gasteiger partial charge in [0, 0.05) is 37.1 Å². The number of imidazole rings is 2. The largest absolute Gasteiger partial charge is 0.457 e. The van der Waals surface area contributed by atoms with E-state index in [-0.39, 0.29) is 28.5 Å². The fourth-order valence-electron chi connectivity index (χ4n) is 4.52. The number of hydrogen-bond donors (Lipinski definition) is 1. The summed E-state index contributed by atoms with van der Waals surface area (Å²) in [7, 11) is 1.71. The van der Waals surface area contributed by atoms with Crippen molar-refractivity contribution in [2.45, 2.75) is 12.4 Å². The van der Waals surface area contributed by atoms with E-state index in [1.54, 1.807) is 41.9 Å². The van der Waals surface area contributed by atoms with Gasteiger partial charge in [-0.25, -0.2) is 14.4 Å². The summed E-state index contributed by atoms with van der Waals surface area (Å²) in [6.07, 6.45) is -5.96. The predicted molar refractivity (Wildman–Crippen MR) is 141 cm³/mol. The average Bonchev–Trinajstić information content (AvgIpc) is 3.59. The van der Waals surface area contributed by atoms with Crippen LogP contribution < -0.4 is 4.74 Å². The van der Waals surface area contributed by atoms with Crippen LogP contribution in [0.4, 0.5) is 30.7 Å². The maximum atomic E-state index is 13.9. The number of aryl methyl sites for hydroxylation is 1. The third-order valence-electron chi connectivity index (χ3n) is 6.55. The molecule has 4 heterocycles. The van der Waals surface area contributed by atoms with Crippen molar-refractivity contribution in [3.05, 3.63) is 96.3 Å². The molecular weight excluding hydrogens is 581 g/mol. The molecule has 1 N–H and O–H groups in total. The van der Waals surface area contributed by atoms with Crippen LogP contribution in [0, 0.1) is 5.82 Å². The molecule has 0 aliphatic carbocycles. The molecular formula is C29H17F7N6O. The van der Waals surface area contributed by atoms with Crippen LogP contribution in [-0.4, -0.2) is 29.5 Å². The van der Waals surface area contributed by atoms with Gasteiger partial charge in [0.2, 0.25) is 0 Å². The zero-order valence-corrected chi connectivity index (χ0v) is 21.8. The first kappa shape index (κ1) is 27.9. The number of aromatic nitrogens is 6. The number of halogens is 7. The van der Waals surface area contributed by atoms with Crippen molar-refractivity contribution in [3.8, 4) is 45.7 Å². The molecule has 0 saturated heterocycles. The molecule has 0 fully saturated rings. The highest BCUT2D eigenvalue weighted by molar-refractivity contribution is 5.85. The van der Waals surface area contributed by atoms with Gasteiger partial charge in [0.05, 0.1) is 22.8 Å². The number of ether oxygens (including phenoxy) is 1. The van der Waals surface area contributed by atoms with Crippen LogP contribution in [0.3, 0.4) is 0 Å². The van der Waals surface area contributed by atoms with Gasteiger partial charge in [-0.2, -0.15) is 26.3 Å². The highest BCUT2D eigenvalue weighted by Gasteiger charge is 2.35. The molecule has 4 aromatic heterocycles. The third-order valence-corrected chi connectivity index (χ3v) is 6.55. The molecule has 43 heavy (non-hydrogen) atoms. The molecule has 0 amide bonds. The summed E-state index contributed by atoms with van der Waals surface area (Å²) in [6.45, 7) is 0. The maximum absolute atomic E-state index is 13.9. The number of rotatable bonds is 5. The third kappa shape index (κ3) is 5.38. The first-order valence-corrected chi connectivity index (χ1v) is 12.4. The van der Waals surface area contributed by atoms with E-state index in [0.29, 0.717) is 34.4 Å². The smallest absolute Gasteiger partial charge is 0.432 e. The number of benzene rings is 2. The summed E-state index contributed by atoms with van der Waals surface area (Å²) in [4.78, 5) is 19.0. The van der Waals surface area contributed by atoms with E-state index in [0.717, 1.165) is 12.1 Å². The minimum Gasteiger partial charge on any atom is -0.457 e. The number of fused-ring (bicyclic) bond motifs is 1. The van der Waals surface area contributed by atoms with E-state index < -0.39 is 29.4 Å². The normalized spacial score (nSPS) is 12.2. The lowest BCUT2D eigenvalue weighted by Crippen LogP contribution is -2.08. The van der Waals surface area contributed by atoms with Gasteiger partial charge in [0.25, 0.3) is 0 Å². The number of alkyl halides is 6. The number of aromatic amines is 1. The predicted octanol–water partition coefficient (Wildman–Crippen LogP) is 8.06. The molecule has 0 aliphatic rings. The number of nitrogens with zero attached hydrogens (tertiary/aromatic N) is 5. The molecule has 6 aromatic rings. The lowest BCUT2D eigenvalue weighted by molar-refractivity contribution is -0.141. The summed E-state index contributed by atoms with van der Waals surface area (Å²) in [6, 6.07) is 13.8. The van der Waals surface area contributed by atoms with Crippen molar-refractivity contribution in [2.75, 3.05) is 0 Å². The van der Waals surface area contributed by atoms with Gasteiger partial charge in [0.1, 0.15) is 34.4 Å². The molecule has 0 bridgehead atoms. The summed E-state index contributed by atoms with van der Waals surface area (Å²) >= 11 is 0. The molecule has 14 heteroatoms. The molecule has 218 valence electrons. The van der Waals surface area contributed by atoms with Crippen LogP contribution in [-0.2, 0) is 19.4 Å². The minimum atomic E-state index is -4.88. The van der Waals surface area contributed by atoms with E-state index >= 15 is 0 Å². The second-order valence-corrected chi connectivity index (χ2v) is 9.36. The Morgan fingerprint density at radius 2 is 1.60 bits per heavy atom. The van der Waals surface area contributed by atoms with E-state index in [2.05, 4.69) is 24.9 Å². The lowest BCUT2D eigenvalue weighted by atomic mass is 10.0. The Morgan fingerprint density at radius 1 is 0.814 bits per heavy atom. The van der Waals surface area contributed by atoms with E-state index in [1.165, 1.54) is 30.6 Å². The molecule has 7 nitrogen and oxygen atoms in total. The Morgan fingerprint density at radius 3 is 2.35 bits per heavy atom. The summed E-state index contributed by atoms with van der Waals surface area (Å²) in [5, 5.41) is 0. The van der Waals surface area contributed by atoms with Crippen LogP contribution >= 0.6 is 0 Å². The zero-order chi connectivity index (χ0) is 30.5. The van der Waals surface area contributed by atoms with E-state index in [9.17, 15) is 30.7 Å². The van der Waals surface area contributed by atoms with Crippen molar-refractivity contribution in [1.82, 2.24) is 29.5 Å². The van der Waals surface area contributed by atoms with Gasteiger partial charge < -0.3 is 14.3 Å². The van der Waals surface area contributed by atoms with Crippen LogP contribution in [0.1, 0.15) is 11.3 Å². The zero-order valence-electron chi connectivity index (χ0n) is 21.8. The van der Waals surface area contributed by atoms with Crippen LogP contribution in [0.5, 0.6) is 11.5 Å². The van der Waals surface area contributed by atoms with Crippen molar-refractivity contribution in [1.29, 1.82) is 0 Å². The minimum absolute atomic E-state index is 0.0859. The topological polar surface area (TPSA) is 81.5 Å². The fraction of sp³-hybridized carbons (Fsp3) is 0.103. The molecule has 0 saturated carbocycles. The SMILES string of the molecule is Cn1c(-c2ncccc2-c2ccc(F)c(C(F)(F)F)c2)nc2cc(Oc3ccnc(-c4ncc(C(F)(F)F)[nH]4)c3)ccc21. The molecule has 6 rings (SSSR count). The second kappa shape index (κ2) is 10.2. The van der Waals surface area contributed by atoms with E-state index in [1.807, 2.05) is 0 Å². The summed E-state index contributed by atoms with van der Waals surface area (Å²) in [5.41, 5.74) is -0.442. The van der Waals surface area contributed by atoms with Crippen molar-refractivity contribution in [3.63, 3.8) is 0 Å². The van der Waals surface area contributed by atoms with Crippen LogP contribution in [0.25, 0.3) is 45.2 Å². The molecule has 0 spiro atoms. The van der Waals surface area contributed by atoms with Gasteiger partial charge in [-0.05, 0) is 42.0 Å². The molecule has 0 radical (unpaired) electrons. The summed E-state index contributed by atoms with van der Waals surface area (Å²) in [5.74, 6) is -0.510.